The third kappa shape index (κ3) is 4.24. The van der Waals surface area contributed by atoms with Crippen LogP contribution in [0.1, 0.15) is 23.1 Å². The number of carbonyl (C=O) groups is 2. The van der Waals surface area contributed by atoms with E-state index in [1.165, 1.54) is 24.2 Å². The maximum Gasteiger partial charge on any atom is 0.295 e. The molecule has 0 aliphatic carbocycles. The highest BCUT2D eigenvalue weighted by Crippen LogP contribution is 2.32. The molecule has 0 saturated carbocycles. The molecule has 1 aromatic carbocycles. The summed E-state index contributed by atoms with van der Waals surface area (Å²) in [6, 6.07) is 9.58. The Morgan fingerprint density at radius 1 is 1.08 bits per heavy atom. The highest BCUT2D eigenvalue weighted by atomic mass is 16.5. The largest absolute Gasteiger partial charge is 0.494 e. The van der Waals surface area contributed by atoms with Crippen molar-refractivity contribution in [3.05, 3.63) is 60.4 Å². The molecule has 1 aliphatic heterocycles. The van der Waals surface area contributed by atoms with E-state index in [-0.39, 0.29) is 5.56 Å². The third-order valence-corrected chi connectivity index (χ3v) is 6.69. The number of piperazine rings is 1. The zero-order valence-corrected chi connectivity index (χ0v) is 21.4. The van der Waals surface area contributed by atoms with Crippen LogP contribution in [0.25, 0.3) is 22.4 Å². The Kier molecular flexibility index (Phi) is 6.19. The quantitative estimate of drug-likeness (QED) is 0.241. The number of benzene rings is 1. The van der Waals surface area contributed by atoms with Gasteiger partial charge in [0.1, 0.15) is 12.1 Å². The number of amides is 1. The first-order chi connectivity index (χ1) is 19.1. The number of pyridine rings is 1. The number of methoxy groups -OCH3 is 1. The second-order valence-corrected chi connectivity index (χ2v) is 8.90. The van der Waals surface area contributed by atoms with Crippen LogP contribution < -0.4 is 9.64 Å². The maximum atomic E-state index is 13.5. The molecule has 0 radical (unpaired) electrons. The number of fused-ring (bicyclic) bond motifs is 1. The van der Waals surface area contributed by atoms with E-state index in [1.54, 1.807) is 15.9 Å². The fourth-order valence-electron chi connectivity index (χ4n) is 4.66. The lowest BCUT2D eigenvalue weighted by molar-refractivity contribution is -0.126. The molecule has 14 heteroatoms. The molecule has 5 aromatic rings. The molecule has 5 heterocycles. The maximum absolute atomic E-state index is 13.5. The van der Waals surface area contributed by atoms with Crippen molar-refractivity contribution in [3.8, 4) is 17.3 Å². The number of hydrogen-bond donors (Lipinski definition) is 1. The topological polar surface area (TPSA) is 153 Å². The first kappa shape index (κ1) is 24.2. The van der Waals surface area contributed by atoms with Gasteiger partial charge in [-0.15, -0.1) is 5.10 Å². The molecule has 0 bridgehead atoms. The molecule has 6 rings (SSSR count). The number of tetrazole rings is 1. The van der Waals surface area contributed by atoms with Gasteiger partial charge in [0.05, 0.1) is 35.5 Å². The van der Waals surface area contributed by atoms with Gasteiger partial charge in [-0.05, 0) is 22.6 Å². The molecule has 14 nitrogen and oxygen atoms in total. The fourth-order valence-corrected chi connectivity index (χ4v) is 4.66. The van der Waals surface area contributed by atoms with Gasteiger partial charge in [0.2, 0.25) is 5.95 Å². The van der Waals surface area contributed by atoms with Gasteiger partial charge in [0.25, 0.3) is 11.7 Å². The van der Waals surface area contributed by atoms with Crippen molar-refractivity contribution in [1.82, 2.24) is 49.8 Å². The number of carbonyl (C=O) groups excluding carboxylic acids is 2. The van der Waals surface area contributed by atoms with Crippen molar-refractivity contribution in [2.24, 2.45) is 0 Å². The number of aryl methyl sites for hydroxylation is 1. The summed E-state index contributed by atoms with van der Waals surface area (Å²) in [7, 11) is 1.49. The summed E-state index contributed by atoms with van der Waals surface area (Å²) >= 11 is 0. The summed E-state index contributed by atoms with van der Waals surface area (Å²) in [6.07, 6.45) is 5.26. The molecule has 0 atom stereocenters. The number of hydrogen-bond acceptors (Lipinski definition) is 10. The van der Waals surface area contributed by atoms with Crippen LogP contribution in [0.4, 0.5) is 5.95 Å². The first-order valence-corrected chi connectivity index (χ1v) is 12.5. The van der Waals surface area contributed by atoms with Gasteiger partial charge < -0.3 is 19.5 Å². The van der Waals surface area contributed by atoms with Gasteiger partial charge in [-0.2, -0.15) is 4.68 Å². The monoisotopic (exact) mass is 527 g/mol. The van der Waals surface area contributed by atoms with Gasteiger partial charge in [-0.3, -0.25) is 9.59 Å². The summed E-state index contributed by atoms with van der Waals surface area (Å²) in [6.45, 7) is 3.60. The summed E-state index contributed by atoms with van der Waals surface area (Å²) in [4.78, 5) is 42.1. The lowest BCUT2D eigenvalue weighted by Crippen LogP contribution is -2.51. The highest BCUT2D eigenvalue weighted by molar-refractivity contribution is 6.45. The zero-order chi connectivity index (χ0) is 26.9. The molecule has 4 aromatic heterocycles. The lowest BCUT2D eigenvalue weighted by Gasteiger charge is -2.34. The third-order valence-electron chi connectivity index (χ3n) is 6.69. The molecular weight excluding hydrogens is 502 g/mol. The number of ether oxygens (including phenoxy) is 1. The standard InChI is InChI=1S/C25H25N11O3/c1-3-19-28-15-35(30-19)23-21-20(18(39-2)14-27-23)17(13-26-21)22(37)24(38)33-9-11-34(12-10-33)25-29-31-32-36(25)16-7-5-4-6-8-16/h4-8,13-15,26H,3,9-12H2,1-2H3. The number of rotatable bonds is 7. The molecule has 0 spiro atoms. The normalized spacial score (nSPS) is 13.7. The Morgan fingerprint density at radius 2 is 1.87 bits per heavy atom. The molecule has 1 N–H and O–H groups in total. The molecule has 0 unspecified atom stereocenters. The van der Waals surface area contributed by atoms with Gasteiger partial charge in [0.15, 0.2) is 11.6 Å². The molecular formula is C25H25N11O3. The zero-order valence-electron chi connectivity index (χ0n) is 21.4. The summed E-state index contributed by atoms with van der Waals surface area (Å²) in [5.74, 6) is 0.852. The molecule has 1 amide bonds. The molecule has 1 aliphatic rings. The van der Waals surface area contributed by atoms with E-state index in [4.69, 9.17) is 4.74 Å². The number of aromatic amines is 1. The Hall–Kier alpha value is -5.14. The van der Waals surface area contributed by atoms with E-state index in [0.29, 0.717) is 66.8 Å². The average molecular weight is 528 g/mol. The van der Waals surface area contributed by atoms with Crippen LogP contribution in [-0.4, -0.2) is 94.8 Å². The van der Waals surface area contributed by atoms with Crippen LogP contribution in [0.5, 0.6) is 5.75 Å². The predicted octanol–water partition coefficient (Wildman–Crippen LogP) is 1.22. The van der Waals surface area contributed by atoms with E-state index >= 15 is 0 Å². The predicted molar refractivity (Wildman–Crippen MR) is 139 cm³/mol. The Bertz CT molecular complexity index is 1650. The number of nitrogens with zero attached hydrogens (tertiary/aromatic N) is 10. The second kappa shape index (κ2) is 9.96. The lowest BCUT2D eigenvalue weighted by atomic mass is 10.1. The van der Waals surface area contributed by atoms with E-state index < -0.39 is 11.7 Å². The van der Waals surface area contributed by atoms with Crippen LogP contribution in [0, 0.1) is 0 Å². The first-order valence-electron chi connectivity index (χ1n) is 12.5. The highest BCUT2D eigenvalue weighted by Gasteiger charge is 2.31. The number of anilines is 1. The fraction of sp³-hybridized carbons (Fsp3) is 0.280. The van der Waals surface area contributed by atoms with E-state index in [2.05, 4.69) is 35.6 Å². The Morgan fingerprint density at radius 3 is 2.59 bits per heavy atom. The van der Waals surface area contributed by atoms with Crippen LogP contribution in [0.15, 0.2) is 49.1 Å². The molecule has 39 heavy (non-hydrogen) atoms. The van der Waals surface area contributed by atoms with E-state index in [1.807, 2.05) is 42.2 Å². The van der Waals surface area contributed by atoms with Crippen LogP contribution in [0.2, 0.25) is 0 Å². The summed E-state index contributed by atoms with van der Waals surface area (Å²) in [5.41, 5.74) is 1.57. The van der Waals surface area contributed by atoms with Crippen LogP contribution in [0.3, 0.4) is 0 Å². The smallest absolute Gasteiger partial charge is 0.295 e. The second-order valence-electron chi connectivity index (χ2n) is 8.90. The number of aromatic nitrogens is 9. The van der Waals surface area contributed by atoms with Crippen molar-refractivity contribution in [2.45, 2.75) is 13.3 Å². The van der Waals surface area contributed by atoms with Gasteiger partial charge in [0, 0.05) is 38.8 Å². The average Bonchev–Trinajstić information content (AvgIpc) is 3.76. The van der Waals surface area contributed by atoms with Crippen molar-refractivity contribution in [3.63, 3.8) is 0 Å². The number of nitrogens with one attached hydrogen (secondary N) is 1. The molecule has 1 fully saturated rings. The number of Topliss-reactive ketones (excluding diaryl/α,β-unsaturated/α-hetero) is 1. The number of ketones is 1. The summed E-state index contributed by atoms with van der Waals surface area (Å²) in [5, 5.41) is 17.0. The molecule has 1 saturated heterocycles. The SMILES string of the molecule is CCc1ncn(-c2ncc(OC)c3c(C(=O)C(=O)N4CCN(c5nnnn5-c5ccccc5)CC4)c[nH]c23)n1. The van der Waals surface area contributed by atoms with Crippen molar-refractivity contribution >= 4 is 28.5 Å². The van der Waals surface area contributed by atoms with Crippen molar-refractivity contribution in [1.29, 1.82) is 0 Å². The number of para-hydroxylation sites is 1. The Balaban J connectivity index is 1.22. The van der Waals surface area contributed by atoms with Gasteiger partial charge in [-0.25, -0.2) is 14.6 Å². The minimum absolute atomic E-state index is 0.210. The van der Waals surface area contributed by atoms with Gasteiger partial charge in [-0.1, -0.05) is 30.2 Å². The van der Waals surface area contributed by atoms with Crippen molar-refractivity contribution < 1.29 is 14.3 Å². The minimum atomic E-state index is -0.632. The summed E-state index contributed by atoms with van der Waals surface area (Å²) < 4.78 is 8.68. The van der Waals surface area contributed by atoms with E-state index in [9.17, 15) is 9.59 Å². The number of H-pyrrole nitrogens is 1. The minimum Gasteiger partial charge on any atom is -0.494 e. The van der Waals surface area contributed by atoms with Crippen molar-refractivity contribution in [2.75, 3.05) is 38.2 Å². The molecule has 198 valence electrons. The Labute approximate surface area is 222 Å². The van der Waals surface area contributed by atoms with Crippen LogP contribution in [-0.2, 0) is 11.2 Å². The van der Waals surface area contributed by atoms with E-state index in [0.717, 1.165) is 5.69 Å². The van der Waals surface area contributed by atoms with Crippen LogP contribution >= 0.6 is 0 Å². The van der Waals surface area contributed by atoms with Gasteiger partial charge >= 0.3 is 0 Å².